The number of halogens is 2. The van der Waals surface area contributed by atoms with Crippen LogP contribution in [0.2, 0.25) is 5.02 Å². The highest BCUT2D eigenvalue weighted by molar-refractivity contribution is 9.10. The Balaban J connectivity index is 1.60. The van der Waals surface area contributed by atoms with Gasteiger partial charge in [0.05, 0.1) is 20.6 Å². The third-order valence-corrected chi connectivity index (χ3v) is 5.88. The maximum Gasteiger partial charge on any atom is 0.257 e. The minimum absolute atomic E-state index is 0.0419. The van der Waals surface area contributed by atoms with Crippen LogP contribution in [0, 0.1) is 6.92 Å². The number of piperidine rings is 1. The molecule has 0 spiro atoms. The van der Waals surface area contributed by atoms with Crippen LogP contribution in [-0.4, -0.2) is 44.9 Å². The third kappa shape index (κ3) is 4.36. The number of hydrogen-bond donors (Lipinski definition) is 1. The second-order valence-electron chi connectivity index (χ2n) is 7.26. The highest BCUT2D eigenvalue weighted by Gasteiger charge is 2.30. The Kier molecular flexibility index (Phi) is 5.96. The number of anilines is 1. The van der Waals surface area contributed by atoms with Crippen molar-refractivity contribution in [1.82, 2.24) is 19.9 Å². The van der Waals surface area contributed by atoms with Crippen molar-refractivity contribution in [3.63, 3.8) is 0 Å². The van der Waals surface area contributed by atoms with Crippen molar-refractivity contribution in [3.05, 3.63) is 57.4 Å². The van der Waals surface area contributed by atoms with Gasteiger partial charge in [-0.1, -0.05) is 17.7 Å². The largest absolute Gasteiger partial charge is 0.352 e. The minimum atomic E-state index is -0.0693. The fraction of sp³-hybridized carbons (Fsp3) is 0.333. The van der Waals surface area contributed by atoms with Crippen LogP contribution >= 0.6 is 27.5 Å². The molecule has 1 atom stereocenters. The van der Waals surface area contributed by atoms with Gasteiger partial charge in [-0.15, -0.1) is 0 Å². The van der Waals surface area contributed by atoms with E-state index < -0.39 is 0 Å². The predicted octanol–water partition coefficient (Wildman–Crippen LogP) is 4.86. The number of fused-ring (bicyclic) bond motifs is 1. The van der Waals surface area contributed by atoms with Crippen LogP contribution in [0.25, 0.3) is 10.9 Å². The molecule has 0 aliphatic carbocycles. The number of carbonyl (C=O) groups is 1. The minimum Gasteiger partial charge on any atom is -0.352 e. The molecule has 0 saturated carbocycles. The molecule has 1 aliphatic heterocycles. The van der Waals surface area contributed by atoms with Crippen LogP contribution in [-0.2, 0) is 0 Å². The summed E-state index contributed by atoms with van der Waals surface area (Å²) in [6.45, 7) is 3.27. The van der Waals surface area contributed by atoms with Gasteiger partial charge in [0.25, 0.3) is 5.91 Å². The van der Waals surface area contributed by atoms with Gasteiger partial charge in [0.2, 0.25) is 5.95 Å². The number of likely N-dealkylation sites (tertiary alicyclic amines) is 1. The van der Waals surface area contributed by atoms with Gasteiger partial charge in [-0.3, -0.25) is 9.78 Å². The fourth-order valence-corrected chi connectivity index (χ4v) is 4.17. The lowest BCUT2D eigenvalue weighted by Gasteiger charge is -2.36. The number of nitrogens with one attached hydrogen (secondary N) is 1. The molecule has 2 aromatic heterocycles. The summed E-state index contributed by atoms with van der Waals surface area (Å²) in [6.07, 6.45) is 8.15. The van der Waals surface area contributed by atoms with E-state index in [9.17, 15) is 4.79 Å². The lowest BCUT2D eigenvalue weighted by atomic mass is 9.99. The summed E-state index contributed by atoms with van der Waals surface area (Å²) < 4.78 is 0.825. The number of nitrogens with zero attached hydrogens (tertiary/aromatic N) is 4. The molecule has 0 unspecified atom stereocenters. The maximum atomic E-state index is 13.5. The van der Waals surface area contributed by atoms with Crippen molar-refractivity contribution in [3.8, 4) is 0 Å². The van der Waals surface area contributed by atoms with Gasteiger partial charge in [0, 0.05) is 43.1 Å². The molecule has 1 amide bonds. The van der Waals surface area contributed by atoms with E-state index in [1.165, 1.54) is 0 Å². The predicted molar refractivity (Wildman–Crippen MR) is 118 cm³/mol. The molecule has 29 heavy (non-hydrogen) atoms. The maximum absolute atomic E-state index is 13.5. The molecule has 1 aliphatic rings. The summed E-state index contributed by atoms with van der Waals surface area (Å²) >= 11 is 9.80. The number of aromatic nitrogens is 3. The second kappa shape index (κ2) is 8.63. The Hall–Kier alpha value is -2.25. The molecule has 1 fully saturated rings. The Bertz CT molecular complexity index is 1040. The molecule has 0 radical (unpaired) electrons. The molecule has 3 heterocycles. The van der Waals surface area contributed by atoms with Crippen molar-refractivity contribution in [2.45, 2.75) is 32.2 Å². The van der Waals surface area contributed by atoms with E-state index in [2.05, 4.69) is 36.2 Å². The highest BCUT2D eigenvalue weighted by atomic mass is 79.9. The zero-order chi connectivity index (χ0) is 20.4. The average Bonchev–Trinajstić information content (AvgIpc) is 2.73. The topological polar surface area (TPSA) is 71.0 Å². The summed E-state index contributed by atoms with van der Waals surface area (Å²) in [7, 11) is 0. The van der Waals surface area contributed by atoms with Crippen molar-refractivity contribution in [2.75, 3.05) is 18.4 Å². The van der Waals surface area contributed by atoms with Crippen LogP contribution < -0.4 is 5.32 Å². The van der Waals surface area contributed by atoms with E-state index in [0.29, 0.717) is 35.1 Å². The molecule has 1 N–H and O–H groups in total. The van der Waals surface area contributed by atoms with E-state index >= 15 is 0 Å². The fourth-order valence-electron chi connectivity index (χ4n) is 3.73. The Labute approximate surface area is 182 Å². The quantitative estimate of drug-likeness (QED) is 0.585. The molecule has 3 aromatic rings. The van der Waals surface area contributed by atoms with Gasteiger partial charge in [-0.25, -0.2) is 9.97 Å². The van der Waals surface area contributed by atoms with E-state index in [1.807, 2.05) is 24.0 Å². The van der Waals surface area contributed by atoms with E-state index in [0.717, 1.165) is 34.7 Å². The Morgan fingerprint density at radius 2 is 2.03 bits per heavy atom. The molecule has 150 valence electrons. The normalized spacial score (nSPS) is 16.8. The summed E-state index contributed by atoms with van der Waals surface area (Å²) in [5, 5.41) is 4.61. The number of rotatable bonds is 4. The first kappa shape index (κ1) is 20.0. The first-order valence-corrected chi connectivity index (χ1v) is 10.8. The Morgan fingerprint density at radius 3 is 2.83 bits per heavy atom. The molecule has 1 aromatic carbocycles. The van der Waals surface area contributed by atoms with Crippen LogP contribution in [0.3, 0.4) is 0 Å². The Morgan fingerprint density at radius 1 is 1.24 bits per heavy atom. The molecular formula is C21H21BrClN5O. The number of pyridine rings is 1. The third-order valence-electron chi connectivity index (χ3n) is 5.16. The van der Waals surface area contributed by atoms with Crippen molar-refractivity contribution >= 4 is 50.3 Å². The number of amides is 1. The molecular weight excluding hydrogens is 454 g/mol. The number of carbonyl (C=O) groups excluding carboxylic acids is 1. The zero-order valence-electron chi connectivity index (χ0n) is 16.0. The molecule has 1 saturated heterocycles. The lowest BCUT2D eigenvalue weighted by molar-refractivity contribution is 0.0630. The van der Waals surface area contributed by atoms with Crippen LogP contribution in [0.5, 0.6) is 0 Å². The van der Waals surface area contributed by atoms with Gasteiger partial charge >= 0.3 is 0 Å². The first-order chi connectivity index (χ1) is 14.0. The highest BCUT2D eigenvalue weighted by Crippen LogP contribution is 2.29. The first-order valence-electron chi connectivity index (χ1n) is 9.60. The summed E-state index contributed by atoms with van der Waals surface area (Å²) in [4.78, 5) is 28.4. The van der Waals surface area contributed by atoms with E-state index in [1.54, 1.807) is 24.7 Å². The van der Waals surface area contributed by atoms with Gasteiger partial charge in [0.1, 0.15) is 0 Å². The second-order valence-corrected chi connectivity index (χ2v) is 8.58. The molecule has 6 nitrogen and oxygen atoms in total. The van der Waals surface area contributed by atoms with Crippen molar-refractivity contribution in [1.29, 1.82) is 0 Å². The van der Waals surface area contributed by atoms with Gasteiger partial charge in [-0.05, 0) is 59.8 Å². The van der Waals surface area contributed by atoms with E-state index in [-0.39, 0.29) is 11.9 Å². The summed E-state index contributed by atoms with van der Waals surface area (Å²) in [6, 6.07) is 5.76. The number of aryl methyl sites for hydroxylation is 1. The SMILES string of the molecule is Cc1cnc2c(C(=O)N3CCCC[C@H]3CNc3ncc(Br)cn3)c(Cl)ccc2c1. The lowest BCUT2D eigenvalue weighted by Crippen LogP contribution is -2.47. The summed E-state index contributed by atoms with van der Waals surface area (Å²) in [5.41, 5.74) is 2.19. The summed E-state index contributed by atoms with van der Waals surface area (Å²) in [5.74, 6) is 0.478. The van der Waals surface area contributed by atoms with Gasteiger partial charge in [-0.2, -0.15) is 0 Å². The molecule has 8 heteroatoms. The number of benzene rings is 1. The smallest absolute Gasteiger partial charge is 0.257 e. The zero-order valence-corrected chi connectivity index (χ0v) is 18.4. The van der Waals surface area contributed by atoms with Crippen LogP contribution in [0.4, 0.5) is 5.95 Å². The van der Waals surface area contributed by atoms with Crippen molar-refractivity contribution < 1.29 is 4.79 Å². The average molecular weight is 475 g/mol. The van der Waals surface area contributed by atoms with E-state index in [4.69, 9.17) is 11.6 Å². The monoisotopic (exact) mass is 473 g/mol. The van der Waals surface area contributed by atoms with Gasteiger partial charge < -0.3 is 10.2 Å². The van der Waals surface area contributed by atoms with Crippen LogP contribution in [0.1, 0.15) is 35.2 Å². The van der Waals surface area contributed by atoms with Crippen molar-refractivity contribution in [2.24, 2.45) is 0 Å². The standard InChI is InChI=1S/C21H21BrClN5O/c1-13-8-14-5-6-17(23)18(19(14)24-9-13)20(29)28-7-3-2-4-16(28)12-27-21-25-10-15(22)11-26-21/h5-6,8-11,16H,2-4,7,12H2,1H3,(H,25,26,27)/t16-/m0/s1. The molecule has 4 rings (SSSR count). The van der Waals surface area contributed by atoms with Gasteiger partial charge in [0.15, 0.2) is 0 Å². The number of hydrogen-bond acceptors (Lipinski definition) is 5. The molecule has 0 bridgehead atoms. The van der Waals surface area contributed by atoms with Crippen LogP contribution in [0.15, 0.2) is 41.3 Å².